The zero-order chi connectivity index (χ0) is 12.0. The Morgan fingerprint density at radius 3 is 2.94 bits per heavy atom. The van der Waals surface area contributed by atoms with Crippen LogP contribution in [0.5, 0.6) is 0 Å². The van der Waals surface area contributed by atoms with Crippen LogP contribution >= 0.6 is 11.3 Å². The summed E-state index contributed by atoms with van der Waals surface area (Å²) in [6, 6.07) is 3.04. The van der Waals surface area contributed by atoms with E-state index in [1.807, 2.05) is 0 Å². The van der Waals surface area contributed by atoms with E-state index < -0.39 is 4.92 Å². The van der Waals surface area contributed by atoms with Crippen molar-refractivity contribution in [2.45, 2.75) is 12.6 Å². The molecule has 0 spiro atoms. The minimum absolute atomic E-state index is 0.0265. The van der Waals surface area contributed by atoms with Gasteiger partial charge in [0.25, 0.3) is 0 Å². The zero-order valence-electron chi connectivity index (χ0n) is 8.88. The van der Waals surface area contributed by atoms with Crippen LogP contribution in [0.1, 0.15) is 4.88 Å². The summed E-state index contributed by atoms with van der Waals surface area (Å²) in [5.74, 6) is 0. The fraction of sp³-hybridized carbons (Fsp3) is 0.556. The number of aliphatic hydroxyl groups excluding tert-OH is 1. The number of nitrogens with one attached hydrogen (secondary N) is 1. The summed E-state index contributed by atoms with van der Waals surface area (Å²) < 4.78 is 4.90. The first kappa shape index (κ1) is 13.0. The summed E-state index contributed by atoms with van der Waals surface area (Å²) in [6.07, 6.45) is 0. The van der Waals surface area contributed by atoms with Gasteiger partial charge in [-0.15, -0.1) is 0 Å². The highest BCUT2D eigenvalue weighted by Crippen LogP contribution is 2.23. The number of hydrogen-bond acceptors (Lipinski definition) is 6. The molecule has 0 aliphatic rings. The normalized spacial score (nSPS) is 12.6. The standard InChI is InChI=1S/C9H14N2O4S/c1-15-6-7(5-12)10-4-8-2-3-9(16-8)11(13)14/h2-3,7,10,12H,4-6H2,1H3. The minimum atomic E-state index is -0.410. The fourth-order valence-corrected chi connectivity index (χ4v) is 1.95. The van der Waals surface area contributed by atoms with Gasteiger partial charge in [-0.1, -0.05) is 11.3 Å². The van der Waals surface area contributed by atoms with Crippen LogP contribution < -0.4 is 5.32 Å². The lowest BCUT2D eigenvalue weighted by atomic mass is 10.3. The van der Waals surface area contributed by atoms with E-state index in [0.29, 0.717) is 13.2 Å². The van der Waals surface area contributed by atoms with Crippen LogP contribution in [0.25, 0.3) is 0 Å². The zero-order valence-corrected chi connectivity index (χ0v) is 9.70. The van der Waals surface area contributed by atoms with Gasteiger partial charge in [0.2, 0.25) is 0 Å². The van der Waals surface area contributed by atoms with Crippen molar-refractivity contribution in [3.8, 4) is 0 Å². The van der Waals surface area contributed by atoms with Crippen molar-refractivity contribution in [1.29, 1.82) is 0 Å². The molecule has 0 radical (unpaired) electrons. The maximum Gasteiger partial charge on any atom is 0.324 e. The van der Waals surface area contributed by atoms with E-state index in [1.54, 1.807) is 13.2 Å². The quantitative estimate of drug-likeness (QED) is 0.548. The van der Waals surface area contributed by atoms with Gasteiger partial charge in [-0.2, -0.15) is 0 Å². The molecule has 0 bridgehead atoms. The van der Waals surface area contributed by atoms with Crippen LogP contribution in [0.3, 0.4) is 0 Å². The van der Waals surface area contributed by atoms with Crippen molar-refractivity contribution in [2.75, 3.05) is 20.3 Å². The highest BCUT2D eigenvalue weighted by atomic mass is 32.1. The highest BCUT2D eigenvalue weighted by molar-refractivity contribution is 7.15. The Morgan fingerprint density at radius 2 is 2.44 bits per heavy atom. The van der Waals surface area contributed by atoms with Crippen LogP contribution in [0, 0.1) is 10.1 Å². The molecule has 0 amide bonds. The Balaban J connectivity index is 2.44. The molecule has 1 rings (SSSR count). The third-order valence-electron chi connectivity index (χ3n) is 1.98. The summed E-state index contributed by atoms with van der Waals surface area (Å²) in [5, 5.41) is 22.6. The maximum absolute atomic E-state index is 10.4. The molecule has 1 aromatic rings. The molecular formula is C9H14N2O4S. The third-order valence-corrected chi connectivity index (χ3v) is 3.02. The van der Waals surface area contributed by atoms with E-state index in [-0.39, 0.29) is 17.6 Å². The number of rotatable bonds is 7. The number of nitro groups is 1. The Hall–Kier alpha value is -1.02. The molecule has 7 heteroatoms. The largest absolute Gasteiger partial charge is 0.395 e. The lowest BCUT2D eigenvalue weighted by Gasteiger charge is -2.13. The van der Waals surface area contributed by atoms with E-state index in [1.165, 1.54) is 6.07 Å². The van der Waals surface area contributed by atoms with Crippen molar-refractivity contribution in [2.24, 2.45) is 0 Å². The van der Waals surface area contributed by atoms with E-state index in [4.69, 9.17) is 9.84 Å². The van der Waals surface area contributed by atoms with E-state index in [9.17, 15) is 10.1 Å². The van der Waals surface area contributed by atoms with Gasteiger partial charge in [0.15, 0.2) is 0 Å². The molecular weight excluding hydrogens is 232 g/mol. The molecule has 0 saturated heterocycles. The molecule has 0 aliphatic carbocycles. The Bertz CT molecular complexity index is 342. The number of nitrogens with zero attached hydrogens (tertiary/aromatic N) is 1. The average Bonchev–Trinajstić information content (AvgIpc) is 2.73. The number of ether oxygens (including phenoxy) is 1. The van der Waals surface area contributed by atoms with Gasteiger partial charge in [-0.05, 0) is 6.07 Å². The van der Waals surface area contributed by atoms with Gasteiger partial charge in [-0.25, -0.2) is 0 Å². The van der Waals surface area contributed by atoms with Crippen LogP contribution in [0.4, 0.5) is 5.00 Å². The smallest absolute Gasteiger partial charge is 0.324 e. The van der Waals surface area contributed by atoms with E-state index in [2.05, 4.69) is 5.32 Å². The molecule has 6 nitrogen and oxygen atoms in total. The molecule has 1 unspecified atom stereocenters. The second-order valence-corrected chi connectivity index (χ2v) is 4.36. The molecule has 0 saturated carbocycles. The number of thiophene rings is 1. The summed E-state index contributed by atoms with van der Waals surface area (Å²) >= 11 is 1.13. The van der Waals surface area contributed by atoms with Gasteiger partial charge >= 0.3 is 5.00 Å². The van der Waals surface area contributed by atoms with Crippen molar-refractivity contribution >= 4 is 16.3 Å². The highest BCUT2D eigenvalue weighted by Gasteiger charge is 2.11. The molecule has 2 N–H and O–H groups in total. The van der Waals surface area contributed by atoms with Crippen LogP contribution in [-0.2, 0) is 11.3 Å². The van der Waals surface area contributed by atoms with Crippen molar-refractivity contribution in [1.82, 2.24) is 5.32 Å². The van der Waals surface area contributed by atoms with Crippen molar-refractivity contribution in [3.05, 3.63) is 27.1 Å². The van der Waals surface area contributed by atoms with Gasteiger partial charge < -0.3 is 15.2 Å². The maximum atomic E-state index is 10.4. The molecule has 1 aromatic heterocycles. The van der Waals surface area contributed by atoms with Crippen molar-refractivity contribution in [3.63, 3.8) is 0 Å². The Kier molecular flexibility index (Phi) is 5.33. The van der Waals surface area contributed by atoms with Crippen LogP contribution in [0.2, 0.25) is 0 Å². The number of methoxy groups -OCH3 is 1. The lowest BCUT2D eigenvalue weighted by molar-refractivity contribution is -0.380. The second kappa shape index (κ2) is 6.54. The van der Waals surface area contributed by atoms with Gasteiger partial charge in [0.05, 0.1) is 24.2 Å². The average molecular weight is 246 g/mol. The summed E-state index contributed by atoms with van der Waals surface area (Å²) in [4.78, 5) is 10.9. The first-order valence-corrected chi connectivity index (χ1v) is 5.55. The molecule has 1 atom stereocenters. The minimum Gasteiger partial charge on any atom is -0.395 e. The third kappa shape index (κ3) is 3.86. The topological polar surface area (TPSA) is 84.6 Å². The molecule has 0 fully saturated rings. The van der Waals surface area contributed by atoms with Gasteiger partial charge in [0, 0.05) is 24.6 Å². The molecule has 0 aromatic carbocycles. The fourth-order valence-electron chi connectivity index (χ4n) is 1.18. The predicted molar refractivity (Wildman–Crippen MR) is 60.6 cm³/mol. The Morgan fingerprint density at radius 1 is 1.69 bits per heavy atom. The van der Waals surface area contributed by atoms with Crippen LogP contribution in [0.15, 0.2) is 12.1 Å². The monoisotopic (exact) mass is 246 g/mol. The van der Waals surface area contributed by atoms with E-state index in [0.717, 1.165) is 16.2 Å². The van der Waals surface area contributed by atoms with Gasteiger partial charge in [0.1, 0.15) is 0 Å². The Labute approximate surface area is 97.0 Å². The SMILES string of the molecule is COCC(CO)NCc1ccc([N+](=O)[O-])s1. The molecule has 0 aliphatic heterocycles. The molecule has 16 heavy (non-hydrogen) atoms. The lowest BCUT2D eigenvalue weighted by Crippen LogP contribution is -2.35. The predicted octanol–water partition coefficient (Wildman–Crippen LogP) is 0.753. The number of hydrogen-bond donors (Lipinski definition) is 2. The van der Waals surface area contributed by atoms with Gasteiger partial charge in [-0.3, -0.25) is 10.1 Å². The van der Waals surface area contributed by atoms with Crippen LogP contribution in [-0.4, -0.2) is 36.4 Å². The van der Waals surface area contributed by atoms with Crippen molar-refractivity contribution < 1.29 is 14.8 Å². The summed E-state index contributed by atoms with van der Waals surface area (Å²) in [5.41, 5.74) is 0. The second-order valence-electron chi connectivity index (χ2n) is 3.21. The molecule has 90 valence electrons. The summed E-state index contributed by atoms with van der Waals surface area (Å²) in [7, 11) is 1.56. The first-order chi connectivity index (χ1) is 7.67. The summed E-state index contributed by atoms with van der Waals surface area (Å²) in [6.45, 7) is 0.873. The number of aliphatic hydroxyl groups is 1. The van der Waals surface area contributed by atoms with E-state index >= 15 is 0 Å². The first-order valence-electron chi connectivity index (χ1n) is 4.73. The molecule has 1 heterocycles.